The Morgan fingerprint density at radius 2 is 2.13 bits per heavy atom. The maximum Gasteiger partial charge on any atom is 0.0236 e. The monoisotopic (exact) mass is 307 g/mol. The second kappa shape index (κ2) is 9.94. The number of unbranched alkanes of at least 4 members (excludes halogenated alkanes) is 1. The maximum absolute atomic E-state index is 5.33. The van der Waals surface area contributed by atoms with E-state index in [1.807, 2.05) is 6.08 Å². The molecule has 0 aliphatic heterocycles. The molecule has 0 aromatic rings. The highest BCUT2D eigenvalue weighted by Crippen LogP contribution is 2.21. The molecule has 0 atom stereocenters. The van der Waals surface area contributed by atoms with Crippen LogP contribution < -0.4 is 0 Å². The first-order valence-electron chi connectivity index (χ1n) is 8.27. The minimum absolute atomic E-state index is 0.0631. The Labute approximate surface area is 142 Å². The first-order valence-corrected chi connectivity index (χ1v) is 8.27. The molecule has 1 aliphatic rings. The highest BCUT2D eigenvalue weighted by molar-refractivity contribution is 5.40. The molecule has 0 spiro atoms. The number of hydrogen-bond acceptors (Lipinski definition) is 1. The lowest BCUT2D eigenvalue weighted by Crippen LogP contribution is -2.22. The Hall–Kier alpha value is -1.96. The third-order valence-electron chi connectivity index (χ3n) is 3.37. The number of hydrogen-bond donors (Lipinski definition) is 0. The average molecular weight is 307 g/mol. The molecule has 0 saturated heterocycles. The zero-order valence-corrected chi connectivity index (χ0v) is 15.0. The van der Waals surface area contributed by atoms with Crippen molar-refractivity contribution in [2.75, 3.05) is 20.1 Å². The van der Waals surface area contributed by atoms with E-state index < -0.39 is 0 Å². The Morgan fingerprint density at radius 3 is 2.83 bits per heavy atom. The SMILES string of the molecule is C#CCC/C=C1\CC=CC=C1CN(C)C/C=C/C#CC(C)(C)C. The van der Waals surface area contributed by atoms with E-state index >= 15 is 0 Å². The van der Waals surface area contributed by atoms with Crippen LogP contribution in [0.1, 0.15) is 40.0 Å². The van der Waals surface area contributed by atoms with Crippen molar-refractivity contribution in [3.05, 3.63) is 47.6 Å². The van der Waals surface area contributed by atoms with Crippen LogP contribution in [-0.2, 0) is 0 Å². The van der Waals surface area contributed by atoms with Crippen molar-refractivity contribution >= 4 is 0 Å². The van der Waals surface area contributed by atoms with Gasteiger partial charge in [0.2, 0.25) is 0 Å². The summed E-state index contributed by atoms with van der Waals surface area (Å²) in [6, 6.07) is 0. The molecule has 1 nitrogen and oxygen atoms in total. The highest BCUT2D eigenvalue weighted by Gasteiger charge is 2.08. The second-order valence-electron chi connectivity index (χ2n) is 6.91. The van der Waals surface area contributed by atoms with Gasteiger partial charge in [0, 0.05) is 24.9 Å². The fourth-order valence-corrected chi connectivity index (χ4v) is 2.22. The molecule has 1 aliphatic carbocycles. The number of allylic oxidation sites excluding steroid dienone is 5. The van der Waals surface area contributed by atoms with Gasteiger partial charge in [-0.15, -0.1) is 12.3 Å². The minimum atomic E-state index is 0.0631. The van der Waals surface area contributed by atoms with E-state index in [0.29, 0.717) is 0 Å². The second-order valence-corrected chi connectivity index (χ2v) is 6.91. The molecular formula is C22H29N. The minimum Gasteiger partial charge on any atom is -0.298 e. The zero-order chi connectivity index (χ0) is 17.1. The van der Waals surface area contributed by atoms with Gasteiger partial charge in [0.15, 0.2) is 0 Å². The summed E-state index contributed by atoms with van der Waals surface area (Å²) >= 11 is 0. The molecule has 23 heavy (non-hydrogen) atoms. The Bertz CT molecular complexity index is 589. The normalized spacial score (nSPS) is 16.3. The molecule has 1 heteroatoms. The molecule has 0 aromatic heterocycles. The fraction of sp³-hybridized carbons (Fsp3) is 0.455. The van der Waals surface area contributed by atoms with Gasteiger partial charge in [0.25, 0.3) is 0 Å². The highest BCUT2D eigenvalue weighted by atomic mass is 15.1. The van der Waals surface area contributed by atoms with Crippen molar-refractivity contribution in [3.63, 3.8) is 0 Å². The average Bonchev–Trinajstić information content (AvgIpc) is 2.48. The van der Waals surface area contributed by atoms with E-state index in [4.69, 9.17) is 6.42 Å². The molecule has 0 unspecified atom stereocenters. The third-order valence-corrected chi connectivity index (χ3v) is 3.37. The van der Waals surface area contributed by atoms with E-state index in [0.717, 1.165) is 32.4 Å². The maximum atomic E-state index is 5.33. The van der Waals surface area contributed by atoms with E-state index in [-0.39, 0.29) is 5.41 Å². The van der Waals surface area contributed by atoms with Crippen molar-refractivity contribution in [2.24, 2.45) is 5.41 Å². The smallest absolute Gasteiger partial charge is 0.0236 e. The van der Waals surface area contributed by atoms with Crippen molar-refractivity contribution in [2.45, 2.75) is 40.0 Å². The van der Waals surface area contributed by atoms with Gasteiger partial charge in [-0.25, -0.2) is 0 Å². The Morgan fingerprint density at radius 1 is 1.35 bits per heavy atom. The van der Waals surface area contributed by atoms with Crippen LogP contribution in [0.25, 0.3) is 0 Å². The van der Waals surface area contributed by atoms with Gasteiger partial charge in [-0.3, -0.25) is 4.90 Å². The van der Waals surface area contributed by atoms with Crippen molar-refractivity contribution in [3.8, 4) is 24.2 Å². The molecule has 0 fully saturated rings. The number of terminal acetylenes is 1. The molecule has 0 amide bonds. The standard InChI is InChI=1S/C22H29N/c1-6-7-9-14-20-15-10-11-16-21(20)19-23(5)18-13-8-12-17-22(2,3)4/h1,8,10-11,13-14,16H,7,9,15,18-19H2,2-5H3/b13-8+,20-14+. The van der Waals surface area contributed by atoms with Crippen molar-refractivity contribution in [1.82, 2.24) is 4.90 Å². The molecule has 0 saturated carbocycles. The summed E-state index contributed by atoms with van der Waals surface area (Å²) in [4.78, 5) is 2.30. The summed E-state index contributed by atoms with van der Waals surface area (Å²) in [5.74, 6) is 9.02. The molecule has 0 bridgehead atoms. The Kier molecular flexibility index (Phi) is 8.25. The van der Waals surface area contributed by atoms with E-state index in [2.05, 4.69) is 80.9 Å². The van der Waals surface area contributed by atoms with Gasteiger partial charge >= 0.3 is 0 Å². The zero-order valence-electron chi connectivity index (χ0n) is 15.0. The lowest BCUT2D eigenvalue weighted by atomic mass is 9.96. The summed E-state index contributed by atoms with van der Waals surface area (Å²) < 4.78 is 0. The van der Waals surface area contributed by atoms with Gasteiger partial charge in [-0.1, -0.05) is 42.2 Å². The van der Waals surface area contributed by atoms with Crippen LogP contribution >= 0.6 is 0 Å². The van der Waals surface area contributed by atoms with Crippen LogP contribution in [0.4, 0.5) is 0 Å². The summed E-state index contributed by atoms with van der Waals surface area (Å²) in [6.07, 6.45) is 21.0. The van der Waals surface area contributed by atoms with Gasteiger partial charge in [0.1, 0.15) is 0 Å². The van der Waals surface area contributed by atoms with Gasteiger partial charge < -0.3 is 0 Å². The lowest BCUT2D eigenvalue weighted by Gasteiger charge is -2.20. The molecule has 0 N–H and O–H groups in total. The summed E-state index contributed by atoms with van der Waals surface area (Å²) in [7, 11) is 2.14. The summed E-state index contributed by atoms with van der Waals surface area (Å²) in [5, 5.41) is 0. The van der Waals surface area contributed by atoms with Crippen molar-refractivity contribution in [1.29, 1.82) is 0 Å². The molecule has 122 valence electrons. The largest absolute Gasteiger partial charge is 0.298 e. The Balaban J connectivity index is 2.52. The molecular weight excluding hydrogens is 278 g/mol. The first kappa shape index (κ1) is 19.1. The topological polar surface area (TPSA) is 3.24 Å². The summed E-state index contributed by atoms with van der Waals surface area (Å²) in [6.45, 7) is 8.21. The molecule has 0 radical (unpaired) electrons. The molecule has 0 aromatic carbocycles. The predicted molar refractivity (Wildman–Crippen MR) is 102 cm³/mol. The van der Waals surface area contributed by atoms with Gasteiger partial charge in [-0.2, -0.15) is 0 Å². The third kappa shape index (κ3) is 8.92. The van der Waals surface area contributed by atoms with E-state index in [9.17, 15) is 0 Å². The number of rotatable bonds is 6. The number of likely N-dealkylation sites (N-methyl/N-ethyl adjacent to an activating group) is 1. The molecule has 1 rings (SSSR count). The van der Waals surface area contributed by atoms with Crippen molar-refractivity contribution < 1.29 is 0 Å². The predicted octanol–water partition coefficient (Wildman–Crippen LogP) is 4.75. The molecule has 0 heterocycles. The van der Waals surface area contributed by atoms with Crippen LogP contribution in [0.2, 0.25) is 0 Å². The van der Waals surface area contributed by atoms with E-state index in [1.54, 1.807) is 0 Å². The fourth-order valence-electron chi connectivity index (χ4n) is 2.22. The number of nitrogens with zero attached hydrogens (tertiary/aromatic N) is 1. The lowest BCUT2D eigenvalue weighted by molar-refractivity contribution is 0.404. The summed E-state index contributed by atoms with van der Waals surface area (Å²) in [5.41, 5.74) is 2.86. The van der Waals surface area contributed by atoms with E-state index in [1.165, 1.54) is 11.1 Å². The van der Waals surface area contributed by atoms with Crippen LogP contribution in [0.5, 0.6) is 0 Å². The van der Waals surface area contributed by atoms with Gasteiger partial charge in [-0.05, 0) is 57.9 Å². The van der Waals surface area contributed by atoms with Gasteiger partial charge in [0.05, 0.1) is 0 Å². The quantitative estimate of drug-likeness (QED) is 0.505. The van der Waals surface area contributed by atoms with Crippen LogP contribution in [-0.4, -0.2) is 25.0 Å². The first-order chi connectivity index (χ1) is 10.9. The van der Waals surface area contributed by atoms with Crippen LogP contribution in [0.15, 0.2) is 47.6 Å². The van der Waals surface area contributed by atoms with Crippen LogP contribution in [0, 0.1) is 29.6 Å². The van der Waals surface area contributed by atoms with Crippen LogP contribution in [0.3, 0.4) is 0 Å².